The highest BCUT2D eigenvalue weighted by Crippen LogP contribution is 2.51. The zero-order chi connectivity index (χ0) is 11.6. The average Bonchev–Trinajstić information content (AvgIpc) is 2.90. The number of hydrogen-bond acceptors (Lipinski definition) is 2. The van der Waals surface area contributed by atoms with E-state index in [1.54, 1.807) is 11.3 Å². The van der Waals surface area contributed by atoms with Crippen molar-refractivity contribution in [2.45, 2.75) is 45.1 Å². The molecule has 0 aliphatic heterocycles. The first-order chi connectivity index (χ1) is 7.72. The number of rotatable bonds is 4. The van der Waals surface area contributed by atoms with Crippen LogP contribution in [0.2, 0.25) is 4.34 Å². The molecule has 16 heavy (non-hydrogen) atoms. The van der Waals surface area contributed by atoms with Crippen LogP contribution in [0.1, 0.15) is 49.9 Å². The van der Waals surface area contributed by atoms with Gasteiger partial charge in [0.1, 0.15) is 0 Å². The third-order valence-corrected chi connectivity index (χ3v) is 5.38. The first-order valence-electron chi connectivity index (χ1n) is 6.14. The number of hydrogen-bond donors (Lipinski definition) is 1. The van der Waals surface area contributed by atoms with Crippen molar-refractivity contribution in [2.75, 3.05) is 7.05 Å². The highest BCUT2D eigenvalue weighted by Gasteiger charge is 2.40. The first kappa shape index (κ1) is 12.4. The third-order valence-electron chi connectivity index (χ3n) is 4.08. The zero-order valence-corrected chi connectivity index (χ0v) is 11.6. The van der Waals surface area contributed by atoms with Gasteiger partial charge in [-0.15, -0.1) is 11.3 Å². The normalized spacial score (nSPS) is 21.2. The van der Waals surface area contributed by atoms with Crippen LogP contribution in [0.25, 0.3) is 0 Å². The molecular formula is C13H20ClNS. The summed E-state index contributed by atoms with van der Waals surface area (Å²) in [5, 5.41) is 3.52. The molecule has 1 aliphatic rings. The minimum Gasteiger partial charge on any atom is -0.312 e. The van der Waals surface area contributed by atoms with Crippen molar-refractivity contribution >= 4 is 22.9 Å². The number of nitrogens with one attached hydrogen (secondary N) is 1. The summed E-state index contributed by atoms with van der Waals surface area (Å²) in [5.74, 6) is 0. The van der Waals surface area contributed by atoms with Gasteiger partial charge < -0.3 is 5.32 Å². The largest absolute Gasteiger partial charge is 0.312 e. The van der Waals surface area contributed by atoms with Gasteiger partial charge in [0.2, 0.25) is 0 Å². The fourth-order valence-corrected chi connectivity index (χ4v) is 4.47. The number of thiophene rings is 1. The van der Waals surface area contributed by atoms with E-state index < -0.39 is 0 Å². The Balaban J connectivity index is 2.27. The summed E-state index contributed by atoms with van der Waals surface area (Å²) in [7, 11) is 2.08. The molecule has 1 aromatic rings. The van der Waals surface area contributed by atoms with Crippen LogP contribution >= 0.6 is 22.9 Å². The van der Waals surface area contributed by atoms with E-state index >= 15 is 0 Å². The molecule has 2 rings (SSSR count). The van der Waals surface area contributed by atoms with Gasteiger partial charge in [-0.3, -0.25) is 0 Å². The first-order valence-corrected chi connectivity index (χ1v) is 7.34. The molecule has 1 nitrogen and oxygen atoms in total. The highest BCUT2D eigenvalue weighted by molar-refractivity contribution is 7.16. The molecule has 1 unspecified atom stereocenters. The Morgan fingerprint density at radius 2 is 2.12 bits per heavy atom. The van der Waals surface area contributed by atoms with Gasteiger partial charge in [-0.25, -0.2) is 0 Å². The standard InChI is InChI=1S/C13H20ClNS/c1-3-13(8-4-5-9-13)12(15-2)10-6-7-11(14)16-10/h6-7,12,15H,3-5,8-9H2,1-2H3. The molecule has 90 valence electrons. The van der Waals surface area contributed by atoms with Gasteiger partial charge in [0, 0.05) is 10.9 Å². The zero-order valence-electron chi connectivity index (χ0n) is 10.1. The lowest BCUT2D eigenvalue weighted by atomic mass is 9.75. The summed E-state index contributed by atoms with van der Waals surface area (Å²) in [6, 6.07) is 4.69. The van der Waals surface area contributed by atoms with Crippen LogP contribution in [0.15, 0.2) is 12.1 Å². The SMILES string of the molecule is CCC1(C(NC)c2ccc(Cl)s2)CCCC1. The van der Waals surface area contributed by atoms with Gasteiger partial charge in [0.05, 0.1) is 4.34 Å². The molecule has 0 aromatic carbocycles. The molecule has 1 fully saturated rings. The molecular weight excluding hydrogens is 238 g/mol. The van der Waals surface area contributed by atoms with E-state index in [0.717, 1.165) is 4.34 Å². The highest BCUT2D eigenvalue weighted by atomic mass is 35.5. The molecule has 1 N–H and O–H groups in total. The lowest BCUT2D eigenvalue weighted by Gasteiger charge is -2.36. The molecule has 0 amide bonds. The van der Waals surface area contributed by atoms with E-state index in [2.05, 4.69) is 25.4 Å². The molecule has 1 heterocycles. The van der Waals surface area contributed by atoms with Gasteiger partial charge in [-0.1, -0.05) is 31.4 Å². The predicted molar refractivity (Wildman–Crippen MR) is 72.3 cm³/mol. The summed E-state index contributed by atoms with van der Waals surface area (Å²) in [4.78, 5) is 1.40. The van der Waals surface area contributed by atoms with E-state index in [9.17, 15) is 0 Å². The Hall–Kier alpha value is -0.0500. The lowest BCUT2D eigenvalue weighted by molar-refractivity contribution is 0.198. The van der Waals surface area contributed by atoms with Crippen molar-refractivity contribution < 1.29 is 0 Å². The van der Waals surface area contributed by atoms with Crippen LogP contribution in [0.5, 0.6) is 0 Å². The smallest absolute Gasteiger partial charge is 0.0931 e. The van der Waals surface area contributed by atoms with Crippen molar-refractivity contribution in [2.24, 2.45) is 5.41 Å². The van der Waals surface area contributed by atoms with E-state index in [-0.39, 0.29) is 0 Å². The topological polar surface area (TPSA) is 12.0 Å². The minimum atomic E-state index is 0.461. The van der Waals surface area contributed by atoms with Crippen molar-refractivity contribution in [3.05, 3.63) is 21.3 Å². The Bertz CT molecular complexity index is 341. The van der Waals surface area contributed by atoms with Crippen LogP contribution in [-0.2, 0) is 0 Å². The van der Waals surface area contributed by atoms with E-state index in [1.807, 2.05) is 6.07 Å². The van der Waals surface area contributed by atoms with Crippen molar-refractivity contribution in [3.8, 4) is 0 Å². The van der Waals surface area contributed by atoms with Crippen LogP contribution in [0.3, 0.4) is 0 Å². The van der Waals surface area contributed by atoms with Gasteiger partial charge >= 0.3 is 0 Å². The Morgan fingerprint density at radius 1 is 1.44 bits per heavy atom. The molecule has 1 aliphatic carbocycles. The Kier molecular flexibility index (Phi) is 3.93. The Morgan fingerprint density at radius 3 is 2.56 bits per heavy atom. The summed E-state index contributed by atoms with van der Waals surface area (Å²) >= 11 is 7.77. The molecule has 1 saturated carbocycles. The molecule has 0 radical (unpaired) electrons. The molecule has 0 saturated heterocycles. The van der Waals surface area contributed by atoms with Crippen LogP contribution in [0.4, 0.5) is 0 Å². The van der Waals surface area contributed by atoms with Crippen molar-refractivity contribution in [1.82, 2.24) is 5.32 Å². The fourth-order valence-electron chi connectivity index (χ4n) is 3.16. The quantitative estimate of drug-likeness (QED) is 0.829. The predicted octanol–water partition coefficient (Wildman–Crippen LogP) is 4.63. The Labute approximate surface area is 107 Å². The lowest BCUT2D eigenvalue weighted by Crippen LogP contribution is -2.33. The summed E-state index contributed by atoms with van der Waals surface area (Å²) in [6.07, 6.45) is 6.72. The molecule has 0 spiro atoms. The van der Waals surface area contributed by atoms with E-state index in [0.29, 0.717) is 11.5 Å². The van der Waals surface area contributed by atoms with Gasteiger partial charge in [-0.2, -0.15) is 0 Å². The van der Waals surface area contributed by atoms with Gasteiger partial charge in [-0.05, 0) is 43.9 Å². The maximum Gasteiger partial charge on any atom is 0.0931 e. The second kappa shape index (κ2) is 5.07. The summed E-state index contributed by atoms with van der Waals surface area (Å²) in [5.41, 5.74) is 0.461. The van der Waals surface area contributed by atoms with Crippen molar-refractivity contribution in [1.29, 1.82) is 0 Å². The van der Waals surface area contributed by atoms with E-state index in [1.165, 1.54) is 37.0 Å². The van der Waals surface area contributed by atoms with Crippen LogP contribution < -0.4 is 5.32 Å². The summed E-state index contributed by atoms with van der Waals surface area (Å²) in [6.45, 7) is 2.32. The summed E-state index contributed by atoms with van der Waals surface area (Å²) < 4.78 is 0.902. The maximum atomic E-state index is 6.05. The van der Waals surface area contributed by atoms with Crippen molar-refractivity contribution in [3.63, 3.8) is 0 Å². The average molecular weight is 258 g/mol. The molecule has 1 atom stereocenters. The number of halogens is 1. The molecule has 0 bridgehead atoms. The molecule has 3 heteroatoms. The van der Waals surface area contributed by atoms with Gasteiger partial charge in [0.25, 0.3) is 0 Å². The second-order valence-electron chi connectivity index (χ2n) is 4.79. The minimum absolute atomic E-state index is 0.461. The second-order valence-corrected chi connectivity index (χ2v) is 6.53. The molecule has 1 aromatic heterocycles. The van der Waals surface area contributed by atoms with Crippen LogP contribution in [0, 0.1) is 5.41 Å². The monoisotopic (exact) mass is 257 g/mol. The maximum absolute atomic E-state index is 6.05. The van der Waals surface area contributed by atoms with E-state index in [4.69, 9.17) is 11.6 Å². The fraction of sp³-hybridized carbons (Fsp3) is 0.692. The van der Waals surface area contributed by atoms with Crippen LogP contribution in [-0.4, -0.2) is 7.05 Å². The third kappa shape index (κ3) is 2.15. The van der Waals surface area contributed by atoms with Gasteiger partial charge in [0.15, 0.2) is 0 Å².